The van der Waals surface area contributed by atoms with E-state index in [0.29, 0.717) is 11.1 Å². The van der Waals surface area contributed by atoms with E-state index < -0.39 is 90.3 Å². The first kappa shape index (κ1) is 42.8. The van der Waals surface area contributed by atoms with Crippen LogP contribution in [-0.4, -0.2) is 106 Å². The standard InChI is InChI=1S/C37H51N5O12/c1-19(33(49)52-8)39-30(46)25-15-22-13-20(9-11-28(22)44)21-10-12-29(45)23(14-21)16-26(42-35(51)54-37(5,6)7)31(47)41-27(32(48)40-25)17-24(43)18-38-34(50)53-36(2,3)4/h9-14,19,24-27,43-45H,15-18H2,1-8H3,(H,38,50)(H,39,46)(H,40,48)(H,41,47)(H,42,51)/t19-,24+,25-,26-,27-/m0/s1. The van der Waals surface area contributed by atoms with E-state index in [1.165, 1.54) is 19.1 Å². The molecule has 0 radical (unpaired) electrons. The van der Waals surface area contributed by atoms with Gasteiger partial charge in [-0.05, 0) is 95.0 Å². The molecular weight excluding hydrogens is 706 g/mol. The maximum absolute atomic E-state index is 14.0. The molecule has 0 unspecified atom stereocenters. The molecule has 296 valence electrons. The van der Waals surface area contributed by atoms with Crippen molar-refractivity contribution in [2.45, 2.75) is 109 Å². The normalized spacial score (nSPS) is 18.9. The first-order chi connectivity index (χ1) is 25.0. The van der Waals surface area contributed by atoms with Crippen LogP contribution in [0.1, 0.15) is 66.0 Å². The highest BCUT2D eigenvalue weighted by Gasteiger charge is 2.34. The number of methoxy groups -OCH3 is 1. The summed E-state index contributed by atoms with van der Waals surface area (Å²) in [5.74, 6) is -3.94. The third kappa shape index (κ3) is 13.1. The maximum atomic E-state index is 14.0. The summed E-state index contributed by atoms with van der Waals surface area (Å²) in [6, 6.07) is 3.47. The predicted molar refractivity (Wildman–Crippen MR) is 194 cm³/mol. The van der Waals surface area contributed by atoms with E-state index >= 15 is 0 Å². The molecule has 0 fully saturated rings. The number of carbonyl (C=O) groups excluding carboxylic acids is 6. The fourth-order valence-electron chi connectivity index (χ4n) is 5.36. The molecule has 17 heteroatoms. The second kappa shape index (κ2) is 18.0. The summed E-state index contributed by atoms with van der Waals surface area (Å²) < 4.78 is 15.3. The summed E-state index contributed by atoms with van der Waals surface area (Å²) in [7, 11) is 1.14. The number of rotatable bonds is 8. The monoisotopic (exact) mass is 757 g/mol. The van der Waals surface area contributed by atoms with Gasteiger partial charge < -0.3 is 56.1 Å². The number of hydrogen-bond donors (Lipinski definition) is 8. The van der Waals surface area contributed by atoms with E-state index in [1.54, 1.807) is 65.8 Å². The van der Waals surface area contributed by atoms with Crippen molar-refractivity contribution in [2.75, 3.05) is 13.7 Å². The molecule has 1 heterocycles. The largest absolute Gasteiger partial charge is 0.508 e. The van der Waals surface area contributed by atoms with Gasteiger partial charge in [-0.3, -0.25) is 14.4 Å². The van der Waals surface area contributed by atoms with E-state index in [-0.39, 0.29) is 35.5 Å². The summed E-state index contributed by atoms with van der Waals surface area (Å²) >= 11 is 0. The van der Waals surface area contributed by atoms with Gasteiger partial charge in [-0.1, -0.05) is 12.1 Å². The minimum Gasteiger partial charge on any atom is -0.508 e. The number of fused-ring (bicyclic) bond motifs is 5. The summed E-state index contributed by atoms with van der Waals surface area (Å²) in [6.07, 6.45) is -4.38. The number of alkyl carbamates (subject to hydrolysis) is 2. The Morgan fingerprint density at radius 1 is 0.833 bits per heavy atom. The van der Waals surface area contributed by atoms with Crippen LogP contribution in [0.15, 0.2) is 36.4 Å². The molecule has 4 bridgehead atoms. The van der Waals surface area contributed by atoms with Crippen LogP contribution in [0.2, 0.25) is 0 Å². The van der Waals surface area contributed by atoms with Gasteiger partial charge in [0.1, 0.15) is 46.9 Å². The molecule has 0 saturated heterocycles. The molecule has 5 atom stereocenters. The van der Waals surface area contributed by atoms with Crippen molar-refractivity contribution in [1.29, 1.82) is 0 Å². The Labute approximate surface area is 313 Å². The number of phenols is 2. The quantitative estimate of drug-likeness (QED) is 0.142. The zero-order chi connectivity index (χ0) is 40.5. The number of aliphatic hydroxyl groups excluding tert-OH is 1. The van der Waals surface area contributed by atoms with E-state index in [0.717, 1.165) is 7.11 Å². The fraction of sp³-hybridized carbons (Fsp3) is 0.514. The van der Waals surface area contributed by atoms with Gasteiger partial charge in [0.25, 0.3) is 0 Å². The van der Waals surface area contributed by atoms with Crippen LogP contribution < -0.4 is 26.6 Å². The van der Waals surface area contributed by atoms with Gasteiger partial charge in [-0.15, -0.1) is 0 Å². The first-order valence-electron chi connectivity index (χ1n) is 17.3. The van der Waals surface area contributed by atoms with Gasteiger partial charge in [0.2, 0.25) is 17.7 Å². The molecule has 8 N–H and O–H groups in total. The second-order valence-corrected chi connectivity index (χ2v) is 14.9. The third-order valence-corrected chi connectivity index (χ3v) is 7.92. The van der Waals surface area contributed by atoms with E-state index in [2.05, 4.69) is 26.6 Å². The van der Waals surface area contributed by atoms with Crippen LogP contribution in [0.5, 0.6) is 11.5 Å². The Hall–Kier alpha value is -5.58. The van der Waals surface area contributed by atoms with Gasteiger partial charge in [0.15, 0.2) is 0 Å². The lowest BCUT2D eigenvalue weighted by atomic mass is 9.95. The molecule has 0 saturated carbocycles. The van der Waals surface area contributed by atoms with Crippen LogP contribution in [-0.2, 0) is 46.2 Å². The molecule has 1 aliphatic heterocycles. The van der Waals surface area contributed by atoms with E-state index in [1.807, 2.05) is 0 Å². The van der Waals surface area contributed by atoms with Gasteiger partial charge in [0.05, 0.1) is 13.2 Å². The number of ether oxygens (including phenoxy) is 3. The van der Waals surface area contributed by atoms with Crippen molar-refractivity contribution >= 4 is 35.9 Å². The van der Waals surface area contributed by atoms with Crippen molar-refractivity contribution in [2.24, 2.45) is 0 Å². The Balaban J connectivity index is 2.12. The highest BCUT2D eigenvalue weighted by atomic mass is 16.6. The Bertz CT molecular complexity index is 1720. The minimum atomic E-state index is -1.60. The molecular formula is C37H51N5O12. The smallest absolute Gasteiger partial charge is 0.408 e. The summed E-state index contributed by atoms with van der Waals surface area (Å²) in [5.41, 5.74) is -0.274. The molecule has 0 aliphatic carbocycles. The number of aliphatic hydroxyl groups is 1. The molecule has 3 rings (SSSR count). The minimum absolute atomic E-state index is 0.208. The predicted octanol–water partition coefficient (Wildman–Crippen LogP) is 1.68. The fourth-order valence-corrected chi connectivity index (χ4v) is 5.36. The number of benzene rings is 2. The van der Waals surface area contributed by atoms with Crippen LogP contribution in [0.4, 0.5) is 9.59 Å². The van der Waals surface area contributed by atoms with Gasteiger partial charge in [-0.25, -0.2) is 14.4 Å². The second-order valence-electron chi connectivity index (χ2n) is 14.9. The number of carbonyl (C=O) groups is 6. The van der Waals surface area contributed by atoms with Gasteiger partial charge in [0, 0.05) is 25.8 Å². The van der Waals surface area contributed by atoms with Crippen LogP contribution in [0.3, 0.4) is 0 Å². The molecule has 17 nitrogen and oxygen atoms in total. The van der Waals surface area contributed by atoms with E-state index in [4.69, 9.17) is 14.2 Å². The molecule has 54 heavy (non-hydrogen) atoms. The molecule has 1 aliphatic rings. The zero-order valence-corrected chi connectivity index (χ0v) is 31.7. The maximum Gasteiger partial charge on any atom is 0.408 e. The molecule has 0 spiro atoms. The van der Waals surface area contributed by atoms with Crippen LogP contribution in [0.25, 0.3) is 11.1 Å². The highest BCUT2D eigenvalue weighted by molar-refractivity contribution is 5.95. The third-order valence-electron chi connectivity index (χ3n) is 7.92. The summed E-state index contributed by atoms with van der Waals surface area (Å²) in [5, 5.41) is 45.1. The summed E-state index contributed by atoms with van der Waals surface area (Å²) in [6.45, 7) is 10.8. The van der Waals surface area contributed by atoms with E-state index in [9.17, 15) is 44.1 Å². The number of hydrogen-bond acceptors (Lipinski definition) is 12. The average Bonchev–Trinajstić information content (AvgIpc) is 3.05. The Morgan fingerprint density at radius 3 is 1.91 bits per heavy atom. The number of phenolic OH excluding ortho intramolecular Hbond substituents is 2. The average molecular weight is 758 g/mol. The zero-order valence-electron chi connectivity index (χ0n) is 31.7. The van der Waals surface area contributed by atoms with Gasteiger partial charge in [-0.2, -0.15) is 0 Å². The lowest BCUT2D eigenvalue weighted by Gasteiger charge is -2.28. The summed E-state index contributed by atoms with van der Waals surface area (Å²) in [4.78, 5) is 79.1. The number of esters is 1. The molecule has 2 aromatic carbocycles. The Kier molecular flexibility index (Phi) is 14.2. The first-order valence-corrected chi connectivity index (χ1v) is 17.3. The highest BCUT2D eigenvalue weighted by Crippen LogP contribution is 2.31. The molecule has 5 amide bonds. The molecule has 2 aromatic rings. The molecule has 0 aromatic heterocycles. The topological polar surface area (TPSA) is 251 Å². The Morgan fingerprint density at radius 2 is 1.37 bits per heavy atom. The van der Waals surface area contributed by atoms with Crippen LogP contribution in [0, 0.1) is 0 Å². The van der Waals surface area contributed by atoms with Gasteiger partial charge >= 0.3 is 18.2 Å². The number of nitrogens with one attached hydrogen (secondary N) is 5. The lowest BCUT2D eigenvalue weighted by molar-refractivity contribution is -0.144. The number of amides is 5. The van der Waals surface area contributed by atoms with Crippen molar-refractivity contribution in [1.82, 2.24) is 26.6 Å². The van der Waals surface area contributed by atoms with Crippen LogP contribution >= 0.6 is 0 Å². The van der Waals surface area contributed by atoms with Crippen molar-refractivity contribution in [3.63, 3.8) is 0 Å². The lowest BCUT2D eigenvalue weighted by Crippen LogP contribution is -2.59. The number of aromatic hydroxyl groups is 2. The van der Waals surface area contributed by atoms with Crippen molar-refractivity contribution in [3.05, 3.63) is 47.5 Å². The SMILES string of the molecule is COC(=O)[C@H](C)NC(=O)[C@@H]1Cc2cc(ccc2O)-c2ccc(O)c(c2)C[C@H](NC(=O)OC(C)(C)C)C(=O)N[C@@H](C[C@@H](O)CNC(=O)OC(C)(C)C)C(=O)N1. The van der Waals surface area contributed by atoms with Crippen molar-refractivity contribution < 1.29 is 58.3 Å². The van der Waals surface area contributed by atoms with Crippen molar-refractivity contribution in [3.8, 4) is 22.6 Å².